The van der Waals surface area contributed by atoms with Crippen LogP contribution < -0.4 is 10.6 Å². The standard InChI is InChI=1S/C12H16N2O2S/c1-2-13-12(16)9-4-3-5-10(8-9)14-11(15)6-7-17/h3-5,8,17H,2,6-7H2,1H3,(H,13,16)(H,14,15). The summed E-state index contributed by atoms with van der Waals surface area (Å²) in [4.78, 5) is 22.9. The lowest BCUT2D eigenvalue weighted by Gasteiger charge is -2.06. The van der Waals surface area contributed by atoms with Crippen molar-refractivity contribution in [1.29, 1.82) is 0 Å². The molecule has 0 aliphatic rings. The third-order valence-corrected chi connectivity index (χ3v) is 2.31. The van der Waals surface area contributed by atoms with Crippen LogP contribution in [0.15, 0.2) is 24.3 Å². The van der Waals surface area contributed by atoms with E-state index in [9.17, 15) is 9.59 Å². The molecule has 0 unspecified atom stereocenters. The molecule has 0 aliphatic carbocycles. The average Bonchev–Trinajstić information content (AvgIpc) is 2.30. The normalized spacial score (nSPS) is 9.76. The maximum atomic E-state index is 11.6. The van der Waals surface area contributed by atoms with E-state index < -0.39 is 0 Å². The summed E-state index contributed by atoms with van der Waals surface area (Å²) < 4.78 is 0. The highest BCUT2D eigenvalue weighted by molar-refractivity contribution is 7.80. The molecule has 0 atom stereocenters. The van der Waals surface area contributed by atoms with E-state index in [2.05, 4.69) is 23.3 Å². The molecule has 92 valence electrons. The molecule has 0 bridgehead atoms. The van der Waals surface area contributed by atoms with Crippen molar-refractivity contribution in [3.63, 3.8) is 0 Å². The van der Waals surface area contributed by atoms with Gasteiger partial charge in [-0.2, -0.15) is 12.6 Å². The molecule has 1 rings (SSSR count). The van der Waals surface area contributed by atoms with E-state index in [4.69, 9.17) is 0 Å². The zero-order valence-corrected chi connectivity index (χ0v) is 10.6. The van der Waals surface area contributed by atoms with Gasteiger partial charge in [-0.1, -0.05) is 6.07 Å². The van der Waals surface area contributed by atoms with Gasteiger partial charge >= 0.3 is 0 Å². The summed E-state index contributed by atoms with van der Waals surface area (Å²) in [5.74, 6) is 0.257. The fraction of sp³-hybridized carbons (Fsp3) is 0.333. The van der Waals surface area contributed by atoms with Gasteiger partial charge in [0.15, 0.2) is 0 Å². The van der Waals surface area contributed by atoms with Crippen LogP contribution in [0.3, 0.4) is 0 Å². The molecule has 0 saturated heterocycles. The zero-order chi connectivity index (χ0) is 12.7. The van der Waals surface area contributed by atoms with Crippen LogP contribution in [0.2, 0.25) is 0 Å². The molecular formula is C12H16N2O2S. The minimum absolute atomic E-state index is 0.104. The Hall–Kier alpha value is -1.49. The molecule has 4 nitrogen and oxygen atoms in total. The summed E-state index contributed by atoms with van der Waals surface area (Å²) in [7, 11) is 0. The van der Waals surface area contributed by atoms with Crippen LogP contribution in [-0.4, -0.2) is 24.1 Å². The molecule has 1 aromatic carbocycles. The highest BCUT2D eigenvalue weighted by Crippen LogP contribution is 2.11. The van der Waals surface area contributed by atoms with E-state index in [1.54, 1.807) is 24.3 Å². The number of amides is 2. The van der Waals surface area contributed by atoms with E-state index in [1.807, 2.05) is 6.92 Å². The molecule has 0 spiro atoms. The number of carbonyl (C=O) groups is 2. The number of hydrogen-bond acceptors (Lipinski definition) is 3. The lowest BCUT2D eigenvalue weighted by molar-refractivity contribution is -0.115. The van der Waals surface area contributed by atoms with Gasteiger partial charge in [0.25, 0.3) is 5.91 Å². The molecule has 0 heterocycles. The Morgan fingerprint density at radius 3 is 2.76 bits per heavy atom. The smallest absolute Gasteiger partial charge is 0.251 e. The fourth-order valence-electron chi connectivity index (χ4n) is 1.33. The number of thiol groups is 1. The van der Waals surface area contributed by atoms with E-state index in [0.29, 0.717) is 30.0 Å². The van der Waals surface area contributed by atoms with Gasteiger partial charge in [-0.25, -0.2) is 0 Å². The van der Waals surface area contributed by atoms with Crippen molar-refractivity contribution in [2.24, 2.45) is 0 Å². The maximum absolute atomic E-state index is 11.6. The summed E-state index contributed by atoms with van der Waals surface area (Å²) in [6.07, 6.45) is 0.356. The Morgan fingerprint density at radius 1 is 1.35 bits per heavy atom. The minimum Gasteiger partial charge on any atom is -0.352 e. The molecule has 0 saturated carbocycles. The van der Waals surface area contributed by atoms with Gasteiger partial charge in [0.05, 0.1) is 0 Å². The highest BCUT2D eigenvalue weighted by atomic mass is 32.1. The van der Waals surface area contributed by atoms with E-state index in [-0.39, 0.29) is 11.8 Å². The van der Waals surface area contributed by atoms with Crippen LogP contribution in [0.4, 0.5) is 5.69 Å². The monoisotopic (exact) mass is 252 g/mol. The lowest BCUT2D eigenvalue weighted by atomic mass is 10.2. The number of hydrogen-bond donors (Lipinski definition) is 3. The van der Waals surface area contributed by atoms with E-state index >= 15 is 0 Å². The van der Waals surface area contributed by atoms with Gasteiger partial charge < -0.3 is 10.6 Å². The highest BCUT2D eigenvalue weighted by Gasteiger charge is 2.06. The second-order valence-corrected chi connectivity index (χ2v) is 3.91. The quantitative estimate of drug-likeness (QED) is 0.699. The Balaban J connectivity index is 2.72. The van der Waals surface area contributed by atoms with Crippen molar-refractivity contribution in [3.8, 4) is 0 Å². The number of anilines is 1. The summed E-state index contributed by atoms with van der Waals surface area (Å²) in [5, 5.41) is 5.42. The van der Waals surface area contributed by atoms with Gasteiger partial charge in [-0.15, -0.1) is 0 Å². The molecule has 5 heteroatoms. The molecule has 2 amide bonds. The minimum atomic E-state index is -0.141. The van der Waals surface area contributed by atoms with Gasteiger partial charge in [-0.05, 0) is 30.9 Å². The molecule has 17 heavy (non-hydrogen) atoms. The van der Waals surface area contributed by atoms with Crippen LogP contribution >= 0.6 is 12.6 Å². The first kappa shape index (κ1) is 13.6. The SMILES string of the molecule is CCNC(=O)c1cccc(NC(=O)CCS)c1. The van der Waals surface area contributed by atoms with Crippen molar-refractivity contribution >= 4 is 30.1 Å². The van der Waals surface area contributed by atoms with Gasteiger partial charge in [0.1, 0.15) is 0 Å². The molecule has 0 aliphatic heterocycles. The van der Waals surface area contributed by atoms with E-state index in [0.717, 1.165) is 0 Å². The number of benzene rings is 1. The van der Waals surface area contributed by atoms with Gasteiger partial charge in [0.2, 0.25) is 5.91 Å². The molecule has 2 N–H and O–H groups in total. The molecule has 1 aromatic rings. The third-order valence-electron chi connectivity index (χ3n) is 2.08. The van der Waals surface area contributed by atoms with Gasteiger partial charge in [-0.3, -0.25) is 9.59 Å². The third kappa shape index (κ3) is 4.48. The van der Waals surface area contributed by atoms with Crippen molar-refractivity contribution < 1.29 is 9.59 Å². The second-order valence-electron chi connectivity index (χ2n) is 3.46. The average molecular weight is 252 g/mol. The Bertz CT molecular complexity index is 407. The molecule has 0 fully saturated rings. The number of carbonyl (C=O) groups excluding carboxylic acids is 2. The Labute approximate surface area is 106 Å². The van der Waals surface area contributed by atoms with Crippen LogP contribution in [0, 0.1) is 0 Å². The molecule has 0 radical (unpaired) electrons. The lowest BCUT2D eigenvalue weighted by Crippen LogP contribution is -2.22. The first-order chi connectivity index (χ1) is 8.17. The first-order valence-corrected chi connectivity index (χ1v) is 6.09. The largest absolute Gasteiger partial charge is 0.352 e. The zero-order valence-electron chi connectivity index (χ0n) is 9.69. The second kappa shape index (κ2) is 6.96. The number of rotatable bonds is 5. The summed E-state index contributed by atoms with van der Waals surface area (Å²) in [6.45, 7) is 2.44. The van der Waals surface area contributed by atoms with Crippen molar-refractivity contribution in [1.82, 2.24) is 5.32 Å². The predicted octanol–water partition coefficient (Wildman–Crippen LogP) is 1.69. The van der Waals surface area contributed by atoms with Crippen LogP contribution in [-0.2, 0) is 4.79 Å². The summed E-state index contributed by atoms with van der Waals surface area (Å²) in [6, 6.07) is 6.85. The van der Waals surface area contributed by atoms with Crippen LogP contribution in [0.5, 0.6) is 0 Å². The summed E-state index contributed by atoms with van der Waals surface area (Å²) in [5.41, 5.74) is 1.16. The van der Waals surface area contributed by atoms with Crippen LogP contribution in [0.1, 0.15) is 23.7 Å². The fourth-order valence-corrected chi connectivity index (χ4v) is 1.53. The summed E-state index contributed by atoms with van der Waals surface area (Å²) >= 11 is 3.98. The Morgan fingerprint density at radius 2 is 2.12 bits per heavy atom. The molecular weight excluding hydrogens is 236 g/mol. The van der Waals surface area contributed by atoms with Crippen molar-refractivity contribution in [3.05, 3.63) is 29.8 Å². The number of nitrogens with one attached hydrogen (secondary N) is 2. The predicted molar refractivity (Wildman–Crippen MR) is 71.5 cm³/mol. The van der Waals surface area contributed by atoms with Gasteiger partial charge in [0, 0.05) is 24.2 Å². The topological polar surface area (TPSA) is 58.2 Å². The van der Waals surface area contributed by atoms with Crippen LogP contribution in [0.25, 0.3) is 0 Å². The first-order valence-electron chi connectivity index (χ1n) is 5.46. The Kier molecular flexibility index (Phi) is 5.56. The van der Waals surface area contributed by atoms with E-state index in [1.165, 1.54) is 0 Å². The molecule has 0 aromatic heterocycles. The maximum Gasteiger partial charge on any atom is 0.251 e. The van der Waals surface area contributed by atoms with Crippen molar-refractivity contribution in [2.45, 2.75) is 13.3 Å². The van der Waals surface area contributed by atoms with Crippen molar-refractivity contribution in [2.75, 3.05) is 17.6 Å².